The molecule has 0 aliphatic carbocycles. The van der Waals surface area contributed by atoms with Gasteiger partial charge >= 0.3 is 0 Å². The summed E-state index contributed by atoms with van der Waals surface area (Å²) in [6.45, 7) is 5.67. The number of tetrazole rings is 1. The van der Waals surface area contributed by atoms with Crippen molar-refractivity contribution in [2.45, 2.75) is 39.3 Å². The lowest BCUT2D eigenvalue weighted by Gasteiger charge is -2.20. The van der Waals surface area contributed by atoms with Crippen LogP contribution in [0.2, 0.25) is 0 Å². The van der Waals surface area contributed by atoms with Gasteiger partial charge in [0.1, 0.15) is 5.75 Å². The van der Waals surface area contributed by atoms with E-state index in [-0.39, 0.29) is 0 Å². The predicted molar refractivity (Wildman–Crippen MR) is 80.9 cm³/mol. The van der Waals surface area contributed by atoms with Gasteiger partial charge in [0.2, 0.25) is 5.82 Å². The molecule has 1 heterocycles. The topological polar surface area (TPSA) is 64.9 Å². The molecule has 0 spiro atoms. The molecule has 0 amide bonds. The maximum absolute atomic E-state index is 5.88. The molecule has 0 bridgehead atoms. The first-order chi connectivity index (χ1) is 10.2. The van der Waals surface area contributed by atoms with Gasteiger partial charge in [-0.1, -0.05) is 32.0 Å². The van der Waals surface area contributed by atoms with E-state index in [2.05, 4.69) is 40.6 Å². The van der Waals surface area contributed by atoms with Gasteiger partial charge in [-0.15, -0.1) is 10.2 Å². The Morgan fingerprint density at radius 3 is 2.76 bits per heavy atom. The number of nitrogens with zero attached hydrogens (tertiary/aromatic N) is 4. The number of hydrogen-bond acceptors (Lipinski definition) is 5. The summed E-state index contributed by atoms with van der Waals surface area (Å²) in [6, 6.07) is 8.42. The number of ether oxygens (including phenoxy) is 1. The molecule has 1 N–H and O–H groups in total. The van der Waals surface area contributed by atoms with Crippen molar-refractivity contribution in [2.24, 2.45) is 7.05 Å². The van der Waals surface area contributed by atoms with Gasteiger partial charge in [-0.05, 0) is 30.7 Å². The third kappa shape index (κ3) is 4.26. The number of para-hydroxylation sites is 1. The lowest BCUT2D eigenvalue weighted by atomic mass is 10.0. The highest BCUT2D eigenvalue weighted by Crippen LogP contribution is 2.27. The minimum atomic E-state index is 0.302. The van der Waals surface area contributed by atoms with Crippen LogP contribution in [-0.4, -0.2) is 26.8 Å². The molecule has 0 aliphatic heterocycles. The van der Waals surface area contributed by atoms with E-state index < -0.39 is 0 Å². The van der Waals surface area contributed by atoms with Gasteiger partial charge in [-0.2, -0.15) is 4.80 Å². The molecule has 1 aromatic carbocycles. The van der Waals surface area contributed by atoms with E-state index in [1.54, 1.807) is 7.05 Å². The molecule has 0 radical (unpaired) electrons. The fourth-order valence-electron chi connectivity index (χ4n) is 2.22. The predicted octanol–water partition coefficient (Wildman–Crippen LogP) is 2.24. The average molecular weight is 289 g/mol. The van der Waals surface area contributed by atoms with Crippen LogP contribution in [0.3, 0.4) is 0 Å². The molecule has 0 aliphatic rings. The monoisotopic (exact) mass is 289 g/mol. The number of nitrogens with one attached hydrogen (secondary N) is 1. The minimum Gasteiger partial charge on any atom is -0.485 e. The molecular formula is C15H23N5O. The zero-order valence-corrected chi connectivity index (χ0v) is 12.9. The molecule has 6 heteroatoms. The minimum absolute atomic E-state index is 0.302. The quantitative estimate of drug-likeness (QED) is 0.807. The van der Waals surface area contributed by atoms with Crippen molar-refractivity contribution in [3.8, 4) is 5.75 Å². The summed E-state index contributed by atoms with van der Waals surface area (Å²) in [5.41, 5.74) is 1.18. The molecule has 2 aromatic rings. The van der Waals surface area contributed by atoms with Crippen LogP contribution in [0, 0.1) is 0 Å². The van der Waals surface area contributed by atoms with Crippen molar-refractivity contribution in [3.63, 3.8) is 0 Å². The van der Waals surface area contributed by atoms with E-state index in [1.807, 2.05) is 18.2 Å². The standard InChI is InChI=1S/C15H23N5O/c1-4-10-16-13(5-2)12-8-6-7-9-14(12)21-11-15-17-19-20(3)18-15/h6-9,13,16H,4-5,10-11H2,1-3H3. The summed E-state index contributed by atoms with van der Waals surface area (Å²) in [7, 11) is 1.74. The van der Waals surface area contributed by atoms with Crippen molar-refractivity contribution in [1.82, 2.24) is 25.5 Å². The van der Waals surface area contributed by atoms with Gasteiger partial charge in [0.05, 0.1) is 7.05 Å². The first-order valence-corrected chi connectivity index (χ1v) is 7.42. The van der Waals surface area contributed by atoms with Crippen LogP contribution in [-0.2, 0) is 13.7 Å². The molecule has 1 aromatic heterocycles. The lowest BCUT2D eigenvalue weighted by molar-refractivity contribution is 0.288. The highest BCUT2D eigenvalue weighted by atomic mass is 16.5. The van der Waals surface area contributed by atoms with E-state index in [9.17, 15) is 0 Å². The summed E-state index contributed by atoms with van der Waals surface area (Å²) >= 11 is 0. The molecule has 0 fully saturated rings. The second-order valence-corrected chi connectivity index (χ2v) is 4.94. The van der Waals surface area contributed by atoms with Crippen LogP contribution in [0.1, 0.15) is 44.1 Å². The van der Waals surface area contributed by atoms with Gasteiger partial charge in [0.15, 0.2) is 6.61 Å². The summed E-state index contributed by atoms with van der Waals surface area (Å²) in [5, 5.41) is 15.4. The maximum atomic E-state index is 5.88. The zero-order chi connectivity index (χ0) is 15.1. The molecule has 2 rings (SSSR count). The fraction of sp³-hybridized carbons (Fsp3) is 0.533. The number of benzene rings is 1. The van der Waals surface area contributed by atoms with Crippen molar-refractivity contribution >= 4 is 0 Å². The lowest BCUT2D eigenvalue weighted by Crippen LogP contribution is -2.22. The zero-order valence-electron chi connectivity index (χ0n) is 12.9. The van der Waals surface area contributed by atoms with Crippen molar-refractivity contribution in [1.29, 1.82) is 0 Å². The fourth-order valence-corrected chi connectivity index (χ4v) is 2.22. The second-order valence-electron chi connectivity index (χ2n) is 4.94. The number of hydrogen-bond donors (Lipinski definition) is 1. The Kier molecular flexibility index (Phi) is 5.68. The molecule has 1 unspecified atom stereocenters. The largest absolute Gasteiger partial charge is 0.485 e. The molecule has 21 heavy (non-hydrogen) atoms. The highest BCUT2D eigenvalue weighted by Gasteiger charge is 2.14. The van der Waals surface area contributed by atoms with Crippen LogP contribution in [0.25, 0.3) is 0 Å². The van der Waals surface area contributed by atoms with E-state index in [0.717, 1.165) is 25.1 Å². The van der Waals surface area contributed by atoms with Gasteiger partial charge in [-0.3, -0.25) is 0 Å². The number of aromatic nitrogens is 4. The SMILES string of the molecule is CCCNC(CC)c1ccccc1OCc1nnn(C)n1. The molecular weight excluding hydrogens is 266 g/mol. The molecule has 6 nitrogen and oxygen atoms in total. The van der Waals surface area contributed by atoms with Crippen molar-refractivity contribution in [3.05, 3.63) is 35.7 Å². The number of rotatable bonds is 8. The summed E-state index contributed by atoms with van der Waals surface area (Å²) in [6.07, 6.45) is 2.13. The Labute approximate surface area is 125 Å². The summed E-state index contributed by atoms with van der Waals surface area (Å²) in [4.78, 5) is 1.43. The Bertz CT molecular complexity index is 555. The van der Waals surface area contributed by atoms with E-state index >= 15 is 0 Å². The van der Waals surface area contributed by atoms with Gasteiger partial charge in [0, 0.05) is 11.6 Å². The van der Waals surface area contributed by atoms with Crippen molar-refractivity contribution in [2.75, 3.05) is 6.54 Å². The van der Waals surface area contributed by atoms with Crippen LogP contribution >= 0.6 is 0 Å². The van der Waals surface area contributed by atoms with Gasteiger partial charge < -0.3 is 10.1 Å². The third-order valence-electron chi connectivity index (χ3n) is 3.25. The third-order valence-corrected chi connectivity index (χ3v) is 3.25. The van der Waals surface area contributed by atoms with Crippen LogP contribution in [0.15, 0.2) is 24.3 Å². The van der Waals surface area contributed by atoms with Crippen molar-refractivity contribution < 1.29 is 4.74 Å². The molecule has 0 saturated carbocycles. The van der Waals surface area contributed by atoms with E-state index in [0.29, 0.717) is 18.5 Å². The second kappa shape index (κ2) is 7.73. The average Bonchev–Trinajstić information content (AvgIpc) is 2.92. The molecule has 1 atom stereocenters. The summed E-state index contributed by atoms with van der Waals surface area (Å²) in [5.74, 6) is 1.46. The Morgan fingerprint density at radius 2 is 2.10 bits per heavy atom. The summed E-state index contributed by atoms with van der Waals surface area (Å²) < 4.78 is 5.88. The highest BCUT2D eigenvalue weighted by molar-refractivity contribution is 5.36. The maximum Gasteiger partial charge on any atom is 0.212 e. The van der Waals surface area contributed by atoms with Crippen LogP contribution in [0.4, 0.5) is 0 Å². The Balaban J connectivity index is 2.08. The first-order valence-electron chi connectivity index (χ1n) is 7.42. The number of aryl methyl sites for hydroxylation is 1. The van der Waals surface area contributed by atoms with E-state index in [4.69, 9.17) is 4.74 Å². The van der Waals surface area contributed by atoms with Gasteiger partial charge in [-0.25, -0.2) is 0 Å². The van der Waals surface area contributed by atoms with Gasteiger partial charge in [0.25, 0.3) is 0 Å². The first kappa shape index (κ1) is 15.4. The smallest absolute Gasteiger partial charge is 0.212 e. The Morgan fingerprint density at radius 1 is 1.29 bits per heavy atom. The Hall–Kier alpha value is -1.95. The molecule has 114 valence electrons. The van der Waals surface area contributed by atoms with Crippen LogP contribution in [0.5, 0.6) is 5.75 Å². The van der Waals surface area contributed by atoms with Crippen LogP contribution < -0.4 is 10.1 Å². The normalized spacial score (nSPS) is 12.3. The van der Waals surface area contributed by atoms with E-state index in [1.165, 1.54) is 10.4 Å². The molecule has 0 saturated heterocycles.